The lowest BCUT2D eigenvalue weighted by atomic mass is 10.1. The lowest BCUT2D eigenvalue weighted by Gasteiger charge is -2.33. The number of hydrogen-bond acceptors (Lipinski definition) is 5. The zero-order chi connectivity index (χ0) is 20.0. The highest BCUT2D eigenvalue weighted by Gasteiger charge is 2.26. The Labute approximate surface area is 165 Å². The second-order valence-electron chi connectivity index (χ2n) is 6.54. The van der Waals surface area contributed by atoms with E-state index in [0.717, 1.165) is 5.56 Å². The zero-order valence-corrected chi connectivity index (χ0v) is 16.5. The summed E-state index contributed by atoms with van der Waals surface area (Å²) in [5, 5.41) is 0. The van der Waals surface area contributed by atoms with E-state index in [4.69, 9.17) is 9.47 Å². The second kappa shape index (κ2) is 9.18. The maximum absolute atomic E-state index is 12.5. The van der Waals surface area contributed by atoms with E-state index in [2.05, 4.69) is 4.72 Å². The molecule has 0 saturated carbocycles. The van der Waals surface area contributed by atoms with Crippen molar-refractivity contribution < 1.29 is 22.7 Å². The predicted molar refractivity (Wildman–Crippen MR) is 105 cm³/mol. The number of amides is 1. The van der Waals surface area contributed by atoms with Gasteiger partial charge in [0.25, 0.3) is 0 Å². The van der Waals surface area contributed by atoms with Gasteiger partial charge < -0.3 is 14.4 Å². The number of carbonyl (C=O) groups is 1. The number of nitrogens with zero attached hydrogens (tertiary/aromatic N) is 1. The van der Waals surface area contributed by atoms with Crippen molar-refractivity contribution in [3.8, 4) is 5.75 Å². The molecule has 1 unspecified atom stereocenters. The summed E-state index contributed by atoms with van der Waals surface area (Å²) in [7, 11) is -2.07. The maximum Gasteiger partial charge on any atom is 0.237 e. The molecule has 0 bridgehead atoms. The van der Waals surface area contributed by atoms with Gasteiger partial charge >= 0.3 is 0 Å². The van der Waals surface area contributed by atoms with Crippen LogP contribution in [-0.2, 0) is 25.3 Å². The number of morpholine rings is 1. The SMILES string of the molecule is COc1ccc(CS(=O)(=O)NCC(=O)N2CCOC(c3ccccc3)C2)cc1. The molecule has 1 fully saturated rings. The van der Waals surface area contributed by atoms with Crippen LogP contribution in [0.5, 0.6) is 5.75 Å². The van der Waals surface area contributed by atoms with Gasteiger partial charge in [0.15, 0.2) is 0 Å². The van der Waals surface area contributed by atoms with E-state index in [1.807, 2.05) is 30.3 Å². The third-order valence-electron chi connectivity index (χ3n) is 4.55. The van der Waals surface area contributed by atoms with Gasteiger partial charge in [-0.25, -0.2) is 13.1 Å². The fourth-order valence-corrected chi connectivity index (χ4v) is 4.10. The number of rotatable bonds is 7. The Bertz CT molecular complexity index is 885. The number of nitrogens with one attached hydrogen (secondary N) is 1. The highest BCUT2D eigenvalue weighted by molar-refractivity contribution is 7.88. The molecule has 0 aliphatic carbocycles. The molecule has 3 rings (SSSR count). The summed E-state index contributed by atoms with van der Waals surface area (Å²) in [4.78, 5) is 14.1. The quantitative estimate of drug-likeness (QED) is 0.760. The van der Waals surface area contributed by atoms with E-state index in [9.17, 15) is 13.2 Å². The first-order valence-corrected chi connectivity index (χ1v) is 10.7. The summed E-state index contributed by atoms with van der Waals surface area (Å²) in [6.45, 7) is 1.01. The number of hydrogen-bond donors (Lipinski definition) is 1. The third-order valence-corrected chi connectivity index (χ3v) is 5.85. The minimum Gasteiger partial charge on any atom is -0.497 e. The van der Waals surface area contributed by atoms with Gasteiger partial charge in [-0.1, -0.05) is 42.5 Å². The van der Waals surface area contributed by atoms with E-state index >= 15 is 0 Å². The Balaban J connectivity index is 1.53. The first kappa shape index (κ1) is 20.3. The fourth-order valence-electron chi connectivity index (χ4n) is 3.02. The lowest BCUT2D eigenvalue weighted by molar-refractivity contribution is -0.137. The highest BCUT2D eigenvalue weighted by Crippen LogP contribution is 2.22. The van der Waals surface area contributed by atoms with Gasteiger partial charge in [-0.15, -0.1) is 0 Å². The Morgan fingerprint density at radius 1 is 1.18 bits per heavy atom. The van der Waals surface area contributed by atoms with Crippen LogP contribution in [0.3, 0.4) is 0 Å². The lowest BCUT2D eigenvalue weighted by Crippen LogP contribution is -2.46. The summed E-state index contributed by atoms with van der Waals surface area (Å²) in [6, 6.07) is 16.5. The van der Waals surface area contributed by atoms with Gasteiger partial charge in [-0.3, -0.25) is 4.79 Å². The number of sulfonamides is 1. The molecule has 7 nitrogen and oxygen atoms in total. The summed E-state index contributed by atoms with van der Waals surface area (Å²) >= 11 is 0. The zero-order valence-electron chi connectivity index (χ0n) is 15.7. The van der Waals surface area contributed by atoms with Crippen molar-refractivity contribution in [2.75, 3.05) is 33.4 Å². The molecular weight excluding hydrogens is 380 g/mol. The van der Waals surface area contributed by atoms with Gasteiger partial charge in [0.1, 0.15) is 11.9 Å². The molecule has 2 aromatic rings. The maximum atomic E-state index is 12.5. The van der Waals surface area contributed by atoms with Crippen molar-refractivity contribution in [2.45, 2.75) is 11.9 Å². The second-order valence-corrected chi connectivity index (χ2v) is 8.34. The minimum absolute atomic E-state index is 0.194. The molecule has 28 heavy (non-hydrogen) atoms. The summed E-state index contributed by atoms with van der Waals surface area (Å²) in [5.41, 5.74) is 1.62. The Morgan fingerprint density at radius 3 is 2.57 bits per heavy atom. The normalized spacial score (nSPS) is 17.3. The van der Waals surface area contributed by atoms with E-state index < -0.39 is 10.0 Å². The number of ether oxygens (including phenoxy) is 2. The summed E-state index contributed by atoms with van der Waals surface area (Å²) < 4.78 is 37.8. The van der Waals surface area contributed by atoms with Crippen LogP contribution in [0.1, 0.15) is 17.2 Å². The van der Waals surface area contributed by atoms with Crippen LogP contribution in [0.4, 0.5) is 0 Å². The smallest absolute Gasteiger partial charge is 0.237 e. The first-order chi connectivity index (χ1) is 13.5. The molecule has 1 saturated heterocycles. The third kappa shape index (κ3) is 5.54. The van der Waals surface area contributed by atoms with E-state index in [1.54, 1.807) is 36.3 Å². The van der Waals surface area contributed by atoms with Crippen molar-refractivity contribution in [1.29, 1.82) is 0 Å². The van der Waals surface area contributed by atoms with Crippen molar-refractivity contribution >= 4 is 15.9 Å². The number of carbonyl (C=O) groups excluding carboxylic acids is 1. The predicted octanol–water partition coefficient (Wildman–Crippen LogP) is 1.71. The van der Waals surface area contributed by atoms with Gasteiger partial charge in [0.2, 0.25) is 15.9 Å². The van der Waals surface area contributed by atoms with E-state index in [0.29, 0.717) is 31.0 Å². The molecule has 1 aliphatic rings. The van der Waals surface area contributed by atoms with Crippen LogP contribution in [0.15, 0.2) is 54.6 Å². The highest BCUT2D eigenvalue weighted by atomic mass is 32.2. The van der Waals surface area contributed by atoms with Crippen LogP contribution in [0, 0.1) is 0 Å². The van der Waals surface area contributed by atoms with Crippen molar-refractivity contribution in [3.05, 3.63) is 65.7 Å². The van der Waals surface area contributed by atoms with Gasteiger partial charge in [0.05, 0.1) is 32.6 Å². The van der Waals surface area contributed by atoms with Gasteiger partial charge in [0, 0.05) is 6.54 Å². The molecule has 1 amide bonds. The molecule has 1 heterocycles. The van der Waals surface area contributed by atoms with E-state index in [-0.39, 0.29) is 24.3 Å². The first-order valence-electron chi connectivity index (χ1n) is 9.01. The Hall–Kier alpha value is -2.42. The van der Waals surface area contributed by atoms with Crippen molar-refractivity contribution in [3.63, 3.8) is 0 Å². The standard InChI is InChI=1S/C20H24N2O5S/c1-26-18-9-7-16(8-10-18)15-28(24,25)21-13-20(23)22-11-12-27-19(14-22)17-5-3-2-4-6-17/h2-10,19,21H,11-15H2,1H3. The van der Waals surface area contributed by atoms with Crippen LogP contribution in [-0.4, -0.2) is 52.6 Å². The monoisotopic (exact) mass is 404 g/mol. The van der Waals surface area contributed by atoms with Crippen LogP contribution < -0.4 is 9.46 Å². The molecule has 150 valence electrons. The van der Waals surface area contributed by atoms with Crippen LogP contribution >= 0.6 is 0 Å². The Kier molecular flexibility index (Phi) is 6.66. The molecule has 1 N–H and O–H groups in total. The molecule has 1 aliphatic heterocycles. The minimum atomic E-state index is -3.62. The van der Waals surface area contributed by atoms with Crippen molar-refractivity contribution in [2.24, 2.45) is 0 Å². The molecule has 1 atom stereocenters. The topological polar surface area (TPSA) is 84.9 Å². The average molecular weight is 404 g/mol. The molecule has 0 spiro atoms. The van der Waals surface area contributed by atoms with Gasteiger partial charge in [-0.2, -0.15) is 0 Å². The number of methoxy groups -OCH3 is 1. The van der Waals surface area contributed by atoms with Crippen molar-refractivity contribution in [1.82, 2.24) is 9.62 Å². The summed E-state index contributed by atoms with van der Waals surface area (Å²) in [6.07, 6.45) is -0.199. The molecule has 2 aromatic carbocycles. The molecule has 0 aromatic heterocycles. The number of benzene rings is 2. The fraction of sp³-hybridized carbons (Fsp3) is 0.350. The molecular formula is C20H24N2O5S. The molecule has 8 heteroatoms. The van der Waals surface area contributed by atoms with E-state index in [1.165, 1.54) is 0 Å². The Morgan fingerprint density at radius 2 is 1.89 bits per heavy atom. The van der Waals surface area contributed by atoms with Crippen LogP contribution in [0.2, 0.25) is 0 Å². The average Bonchev–Trinajstić information content (AvgIpc) is 2.73. The van der Waals surface area contributed by atoms with Crippen LogP contribution in [0.25, 0.3) is 0 Å². The largest absolute Gasteiger partial charge is 0.497 e. The van der Waals surface area contributed by atoms with Gasteiger partial charge in [-0.05, 0) is 23.3 Å². The molecule has 0 radical (unpaired) electrons. The summed E-state index contributed by atoms with van der Waals surface area (Å²) in [5.74, 6) is 0.201.